The predicted molar refractivity (Wildman–Crippen MR) is 61.7 cm³/mol. The maximum Gasteiger partial charge on any atom is 0.293 e. The third-order valence-corrected chi connectivity index (χ3v) is 3.31. The van der Waals surface area contributed by atoms with Crippen LogP contribution in [0, 0.1) is 0 Å². The Labute approximate surface area is 99.8 Å². The van der Waals surface area contributed by atoms with Crippen molar-refractivity contribution in [2.24, 2.45) is 0 Å². The lowest BCUT2D eigenvalue weighted by molar-refractivity contribution is 0.0697. The second-order valence-corrected chi connectivity index (χ2v) is 4.92. The Morgan fingerprint density at radius 1 is 1.47 bits per heavy atom. The zero-order chi connectivity index (χ0) is 11.8. The second kappa shape index (κ2) is 4.10. The molecule has 1 aliphatic heterocycles. The van der Waals surface area contributed by atoms with E-state index in [2.05, 4.69) is 27.4 Å². The maximum absolute atomic E-state index is 12.2. The Bertz CT molecular complexity index is 425. The lowest BCUT2D eigenvalue weighted by atomic mass is 10.2. The summed E-state index contributed by atoms with van der Waals surface area (Å²) >= 11 is 0. The maximum atomic E-state index is 12.2. The van der Waals surface area contributed by atoms with E-state index in [9.17, 15) is 4.79 Å². The van der Waals surface area contributed by atoms with Gasteiger partial charge in [-0.1, -0.05) is 0 Å². The minimum absolute atomic E-state index is 0.0542. The first kappa shape index (κ1) is 10.7. The Morgan fingerprint density at radius 2 is 2.29 bits per heavy atom. The van der Waals surface area contributed by atoms with Crippen LogP contribution in [-0.4, -0.2) is 51.7 Å². The number of piperazine rings is 1. The molecular formula is C11H17N5O. The van der Waals surface area contributed by atoms with Crippen LogP contribution < -0.4 is 5.32 Å². The molecule has 6 nitrogen and oxygen atoms in total. The van der Waals surface area contributed by atoms with Gasteiger partial charge in [-0.3, -0.25) is 9.89 Å². The topological polar surface area (TPSA) is 73.9 Å². The van der Waals surface area contributed by atoms with Gasteiger partial charge in [0.2, 0.25) is 5.82 Å². The fourth-order valence-corrected chi connectivity index (χ4v) is 2.17. The third-order valence-electron chi connectivity index (χ3n) is 3.31. The summed E-state index contributed by atoms with van der Waals surface area (Å²) in [7, 11) is 0. The molecule has 6 heteroatoms. The zero-order valence-electron chi connectivity index (χ0n) is 9.94. The molecule has 0 radical (unpaired) electrons. The first-order valence-electron chi connectivity index (χ1n) is 6.19. The second-order valence-electron chi connectivity index (χ2n) is 4.92. The number of aromatic amines is 1. The van der Waals surface area contributed by atoms with Gasteiger partial charge in [0.1, 0.15) is 5.82 Å². The van der Waals surface area contributed by atoms with E-state index >= 15 is 0 Å². The van der Waals surface area contributed by atoms with Crippen molar-refractivity contribution in [2.75, 3.05) is 19.6 Å². The molecule has 92 valence electrons. The van der Waals surface area contributed by atoms with E-state index in [0.29, 0.717) is 17.8 Å². The lowest BCUT2D eigenvalue weighted by Crippen LogP contribution is -2.51. The quantitative estimate of drug-likeness (QED) is 0.763. The number of nitrogens with one attached hydrogen (secondary N) is 2. The van der Waals surface area contributed by atoms with Crippen LogP contribution in [-0.2, 0) is 0 Å². The molecule has 2 aliphatic rings. The summed E-state index contributed by atoms with van der Waals surface area (Å²) in [5, 5.41) is 10.2. The van der Waals surface area contributed by atoms with Crippen LogP contribution in [0.4, 0.5) is 0 Å². The fraction of sp³-hybridized carbons (Fsp3) is 0.727. The van der Waals surface area contributed by atoms with E-state index in [-0.39, 0.29) is 5.91 Å². The van der Waals surface area contributed by atoms with Crippen molar-refractivity contribution >= 4 is 5.91 Å². The summed E-state index contributed by atoms with van der Waals surface area (Å²) in [6, 6.07) is 0.342. The molecule has 1 amide bonds. The monoisotopic (exact) mass is 235 g/mol. The number of carbonyl (C=O) groups excluding carboxylic acids is 1. The number of aromatic nitrogens is 3. The SMILES string of the molecule is C[C@@H]1CN(C(=O)c2n[nH]c(C3CC3)n2)CCN1. The van der Waals surface area contributed by atoms with E-state index in [0.717, 1.165) is 38.3 Å². The number of carbonyl (C=O) groups is 1. The molecule has 0 bridgehead atoms. The molecule has 2 heterocycles. The molecule has 3 rings (SSSR count). The molecule has 1 atom stereocenters. The summed E-state index contributed by atoms with van der Waals surface area (Å²) in [4.78, 5) is 18.3. The summed E-state index contributed by atoms with van der Waals surface area (Å²) in [5.74, 6) is 1.64. The van der Waals surface area contributed by atoms with Gasteiger partial charge in [0.25, 0.3) is 5.91 Å². The van der Waals surface area contributed by atoms with E-state index < -0.39 is 0 Å². The predicted octanol–water partition coefficient (Wildman–Crippen LogP) is 0.116. The summed E-state index contributed by atoms with van der Waals surface area (Å²) in [6.07, 6.45) is 2.32. The molecule has 2 fully saturated rings. The van der Waals surface area contributed by atoms with Crippen molar-refractivity contribution in [2.45, 2.75) is 31.7 Å². The highest BCUT2D eigenvalue weighted by Gasteiger charge is 2.30. The molecular weight excluding hydrogens is 218 g/mol. The zero-order valence-corrected chi connectivity index (χ0v) is 9.94. The van der Waals surface area contributed by atoms with Crippen LogP contribution in [0.5, 0.6) is 0 Å². The van der Waals surface area contributed by atoms with Gasteiger partial charge < -0.3 is 10.2 Å². The van der Waals surface area contributed by atoms with E-state index in [1.54, 1.807) is 0 Å². The number of hydrogen-bond donors (Lipinski definition) is 2. The smallest absolute Gasteiger partial charge is 0.293 e. The van der Waals surface area contributed by atoms with Crippen LogP contribution in [0.2, 0.25) is 0 Å². The van der Waals surface area contributed by atoms with Crippen molar-refractivity contribution in [3.05, 3.63) is 11.6 Å². The summed E-state index contributed by atoms with van der Waals surface area (Å²) < 4.78 is 0. The van der Waals surface area contributed by atoms with Gasteiger partial charge in [0.05, 0.1) is 0 Å². The van der Waals surface area contributed by atoms with Gasteiger partial charge >= 0.3 is 0 Å². The average molecular weight is 235 g/mol. The molecule has 17 heavy (non-hydrogen) atoms. The number of nitrogens with zero attached hydrogens (tertiary/aromatic N) is 3. The molecule has 2 N–H and O–H groups in total. The van der Waals surface area contributed by atoms with Crippen molar-refractivity contribution in [1.29, 1.82) is 0 Å². The number of hydrogen-bond acceptors (Lipinski definition) is 4. The fourth-order valence-electron chi connectivity index (χ4n) is 2.17. The molecule has 1 aromatic heterocycles. The average Bonchev–Trinajstić information content (AvgIpc) is 3.07. The molecule has 1 aromatic rings. The number of amides is 1. The van der Waals surface area contributed by atoms with E-state index in [1.807, 2.05) is 4.90 Å². The van der Waals surface area contributed by atoms with Crippen LogP contribution in [0.3, 0.4) is 0 Å². The van der Waals surface area contributed by atoms with E-state index in [1.165, 1.54) is 0 Å². The Morgan fingerprint density at radius 3 is 3.00 bits per heavy atom. The number of rotatable bonds is 2. The third kappa shape index (κ3) is 2.17. The van der Waals surface area contributed by atoms with Crippen LogP contribution >= 0.6 is 0 Å². The van der Waals surface area contributed by atoms with Gasteiger partial charge in [-0.2, -0.15) is 0 Å². The van der Waals surface area contributed by atoms with Gasteiger partial charge in [-0.25, -0.2) is 4.98 Å². The minimum atomic E-state index is -0.0542. The minimum Gasteiger partial charge on any atom is -0.333 e. The first-order valence-corrected chi connectivity index (χ1v) is 6.19. The van der Waals surface area contributed by atoms with Gasteiger partial charge in [0.15, 0.2) is 0 Å². The molecule has 1 saturated heterocycles. The Kier molecular flexibility index (Phi) is 2.58. The number of H-pyrrole nitrogens is 1. The lowest BCUT2D eigenvalue weighted by Gasteiger charge is -2.30. The van der Waals surface area contributed by atoms with E-state index in [4.69, 9.17) is 0 Å². The summed E-state index contributed by atoms with van der Waals surface area (Å²) in [5.41, 5.74) is 0. The highest BCUT2D eigenvalue weighted by atomic mass is 16.2. The van der Waals surface area contributed by atoms with Crippen molar-refractivity contribution in [3.63, 3.8) is 0 Å². The highest BCUT2D eigenvalue weighted by molar-refractivity contribution is 5.90. The molecule has 1 saturated carbocycles. The Hall–Kier alpha value is -1.43. The molecule has 1 aliphatic carbocycles. The molecule has 0 spiro atoms. The van der Waals surface area contributed by atoms with Crippen molar-refractivity contribution in [1.82, 2.24) is 25.4 Å². The van der Waals surface area contributed by atoms with Crippen molar-refractivity contribution < 1.29 is 4.79 Å². The largest absolute Gasteiger partial charge is 0.333 e. The highest BCUT2D eigenvalue weighted by Crippen LogP contribution is 2.37. The van der Waals surface area contributed by atoms with Gasteiger partial charge in [0, 0.05) is 31.6 Å². The van der Waals surface area contributed by atoms with Crippen LogP contribution in [0.1, 0.15) is 42.1 Å². The van der Waals surface area contributed by atoms with Gasteiger partial charge in [-0.15, -0.1) is 5.10 Å². The first-order chi connectivity index (χ1) is 8.24. The summed E-state index contributed by atoms with van der Waals surface area (Å²) in [6.45, 7) is 4.38. The standard InChI is InChI=1S/C11H17N5O/c1-7-6-16(5-4-12-7)11(17)10-13-9(14-15-10)8-2-3-8/h7-8,12H,2-6H2,1H3,(H,13,14,15)/t7-/m1/s1. The van der Waals surface area contributed by atoms with Gasteiger partial charge in [-0.05, 0) is 19.8 Å². The van der Waals surface area contributed by atoms with Crippen molar-refractivity contribution in [3.8, 4) is 0 Å². The Balaban J connectivity index is 1.71. The molecule has 0 aromatic carbocycles. The van der Waals surface area contributed by atoms with Crippen LogP contribution in [0.15, 0.2) is 0 Å². The normalized spacial score (nSPS) is 25.0. The van der Waals surface area contributed by atoms with Crippen LogP contribution in [0.25, 0.3) is 0 Å². The molecule has 0 unspecified atom stereocenters.